The number of nitrogens with one attached hydrogen (secondary N) is 1. The van der Waals surface area contributed by atoms with Crippen LogP contribution in [-0.2, 0) is 6.61 Å². The maximum atomic E-state index is 9.67. The molecule has 0 saturated heterocycles. The Bertz CT molecular complexity index is 1490. The Hall–Kier alpha value is -4.10. The van der Waals surface area contributed by atoms with Gasteiger partial charge in [0, 0.05) is 21.6 Å². The maximum absolute atomic E-state index is 9.67. The van der Waals surface area contributed by atoms with Crippen LogP contribution in [0.25, 0.3) is 11.0 Å². The van der Waals surface area contributed by atoms with Gasteiger partial charge in [-0.25, -0.2) is 15.0 Å². The molecule has 0 aliphatic heterocycles. The highest BCUT2D eigenvalue weighted by molar-refractivity contribution is 7.99. The SMILES string of the molecule is CCC(C)c1ccc2c(Nc3cc(OCc4ccccc4)ccc3Sc3ccc(O)cc3)ncnc2n1. The molecule has 0 fully saturated rings. The largest absolute Gasteiger partial charge is 0.508 e. The van der Waals surface area contributed by atoms with E-state index in [1.54, 1.807) is 30.2 Å². The molecule has 0 aliphatic rings. The number of benzene rings is 3. The van der Waals surface area contributed by atoms with Crippen molar-refractivity contribution in [3.8, 4) is 11.5 Å². The molecule has 0 aliphatic carbocycles. The molecule has 0 radical (unpaired) electrons. The number of phenolic OH excluding ortho intramolecular Hbond substituents is 1. The number of aromatic hydroxyl groups is 1. The van der Waals surface area contributed by atoms with E-state index >= 15 is 0 Å². The van der Waals surface area contributed by atoms with Crippen LogP contribution in [-0.4, -0.2) is 20.1 Å². The summed E-state index contributed by atoms with van der Waals surface area (Å²) in [4.78, 5) is 15.7. The summed E-state index contributed by atoms with van der Waals surface area (Å²) in [5.74, 6) is 2.03. The lowest BCUT2D eigenvalue weighted by Crippen LogP contribution is -2.02. The highest BCUT2D eigenvalue weighted by Crippen LogP contribution is 2.38. The first-order chi connectivity index (χ1) is 18.1. The number of nitrogens with zero attached hydrogens (tertiary/aromatic N) is 3. The lowest BCUT2D eigenvalue weighted by atomic mass is 10.0. The molecule has 186 valence electrons. The van der Waals surface area contributed by atoms with Gasteiger partial charge in [0.2, 0.25) is 0 Å². The Kier molecular flexibility index (Phi) is 7.51. The number of aromatic nitrogens is 3. The minimum atomic E-state index is 0.240. The van der Waals surface area contributed by atoms with E-state index in [2.05, 4.69) is 35.2 Å². The highest BCUT2D eigenvalue weighted by Gasteiger charge is 2.13. The third kappa shape index (κ3) is 6.01. The predicted octanol–water partition coefficient (Wildman–Crippen LogP) is 7.72. The zero-order valence-electron chi connectivity index (χ0n) is 20.8. The Balaban J connectivity index is 1.48. The first-order valence-corrected chi connectivity index (χ1v) is 13.1. The molecule has 7 heteroatoms. The van der Waals surface area contributed by atoms with Crippen molar-refractivity contribution in [1.82, 2.24) is 15.0 Å². The average Bonchev–Trinajstić information content (AvgIpc) is 2.94. The zero-order valence-corrected chi connectivity index (χ0v) is 21.6. The van der Waals surface area contributed by atoms with Gasteiger partial charge in [0.1, 0.15) is 30.3 Å². The molecule has 0 saturated carbocycles. The molecule has 1 atom stereocenters. The fourth-order valence-corrected chi connectivity index (χ4v) is 4.72. The Morgan fingerprint density at radius 2 is 1.76 bits per heavy atom. The molecule has 2 heterocycles. The Labute approximate surface area is 220 Å². The molecule has 1 unspecified atom stereocenters. The fraction of sp³-hybridized carbons (Fsp3) is 0.167. The smallest absolute Gasteiger partial charge is 0.164 e. The third-order valence-corrected chi connectivity index (χ3v) is 7.24. The van der Waals surface area contributed by atoms with Crippen molar-refractivity contribution in [3.05, 3.63) is 103 Å². The van der Waals surface area contributed by atoms with E-state index in [4.69, 9.17) is 9.72 Å². The Morgan fingerprint density at radius 1 is 0.946 bits per heavy atom. The van der Waals surface area contributed by atoms with E-state index in [0.29, 0.717) is 24.0 Å². The number of rotatable bonds is 9. The monoisotopic (exact) mass is 508 g/mol. The van der Waals surface area contributed by atoms with Gasteiger partial charge in [-0.15, -0.1) is 0 Å². The second-order valence-electron chi connectivity index (χ2n) is 8.79. The second-order valence-corrected chi connectivity index (χ2v) is 9.91. The van der Waals surface area contributed by atoms with E-state index < -0.39 is 0 Å². The molecule has 5 rings (SSSR count). The van der Waals surface area contributed by atoms with E-state index in [-0.39, 0.29) is 5.75 Å². The van der Waals surface area contributed by atoms with Crippen LogP contribution in [0.3, 0.4) is 0 Å². The van der Waals surface area contributed by atoms with E-state index in [0.717, 1.165) is 44.3 Å². The third-order valence-electron chi connectivity index (χ3n) is 6.15. The number of fused-ring (bicyclic) bond motifs is 1. The second kappa shape index (κ2) is 11.3. The van der Waals surface area contributed by atoms with Crippen molar-refractivity contribution in [2.45, 2.75) is 42.6 Å². The first-order valence-electron chi connectivity index (χ1n) is 12.3. The first kappa shape index (κ1) is 24.6. The summed E-state index contributed by atoms with van der Waals surface area (Å²) in [6.07, 6.45) is 2.56. The summed E-state index contributed by atoms with van der Waals surface area (Å²) in [7, 11) is 0. The normalized spacial score (nSPS) is 11.8. The van der Waals surface area contributed by atoms with Crippen LogP contribution in [0, 0.1) is 0 Å². The molecule has 37 heavy (non-hydrogen) atoms. The van der Waals surface area contributed by atoms with Gasteiger partial charge < -0.3 is 15.2 Å². The molecule has 0 amide bonds. The van der Waals surface area contributed by atoms with Crippen LogP contribution in [0.1, 0.15) is 37.4 Å². The molecular formula is C30H28N4O2S. The van der Waals surface area contributed by atoms with Gasteiger partial charge in [-0.05, 0) is 66.4 Å². The fourth-order valence-electron chi connectivity index (χ4n) is 3.84. The van der Waals surface area contributed by atoms with Crippen molar-refractivity contribution >= 4 is 34.3 Å². The van der Waals surface area contributed by atoms with Crippen LogP contribution in [0.15, 0.2) is 101 Å². The van der Waals surface area contributed by atoms with Crippen LogP contribution in [0.5, 0.6) is 11.5 Å². The summed E-state index contributed by atoms with van der Waals surface area (Å²) >= 11 is 1.59. The van der Waals surface area contributed by atoms with Crippen molar-refractivity contribution < 1.29 is 9.84 Å². The zero-order chi connectivity index (χ0) is 25.6. The average molecular weight is 509 g/mol. The standard InChI is InChI=1S/C30H28N4O2S/c1-3-20(2)26-15-14-25-29(33-26)31-19-32-30(25)34-27-17-23(36-18-21-7-5-4-6-8-21)11-16-28(27)37-24-12-9-22(35)10-13-24/h4-17,19-20,35H,3,18H2,1-2H3,(H,31,32,33,34). The van der Waals surface area contributed by atoms with Gasteiger partial charge in [0.05, 0.1) is 11.1 Å². The summed E-state index contributed by atoms with van der Waals surface area (Å²) in [5, 5.41) is 14.0. The summed E-state index contributed by atoms with van der Waals surface area (Å²) in [6, 6.07) is 27.3. The molecule has 2 N–H and O–H groups in total. The minimum Gasteiger partial charge on any atom is -0.508 e. The van der Waals surface area contributed by atoms with Crippen molar-refractivity contribution in [1.29, 1.82) is 0 Å². The molecule has 6 nitrogen and oxygen atoms in total. The number of pyridine rings is 1. The molecule has 5 aromatic rings. The van der Waals surface area contributed by atoms with Gasteiger partial charge >= 0.3 is 0 Å². The van der Waals surface area contributed by atoms with Gasteiger partial charge in [-0.3, -0.25) is 0 Å². The number of anilines is 2. The summed E-state index contributed by atoms with van der Waals surface area (Å²) in [6.45, 7) is 4.80. The van der Waals surface area contributed by atoms with Crippen LogP contribution in [0.2, 0.25) is 0 Å². The number of hydrogen-bond acceptors (Lipinski definition) is 7. The van der Waals surface area contributed by atoms with E-state index in [9.17, 15) is 5.11 Å². The van der Waals surface area contributed by atoms with Gasteiger partial charge in [-0.1, -0.05) is 55.9 Å². The Morgan fingerprint density at radius 3 is 2.54 bits per heavy atom. The van der Waals surface area contributed by atoms with Gasteiger partial charge in [0.25, 0.3) is 0 Å². The maximum Gasteiger partial charge on any atom is 0.164 e. The minimum absolute atomic E-state index is 0.240. The summed E-state index contributed by atoms with van der Waals surface area (Å²) < 4.78 is 6.11. The van der Waals surface area contributed by atoms with Crippen molar-refractivity contribution in [2.75, 3.05) is 5.32 Å². The van der Waals surface area contributed by atoms with Crippen LogP contribution >= 0.6 is 11.8 Å². The number of hydrogen-bond donors (Lipinski definition) is 2. The molecule has 0 bridgehead atoms. The molecular weight excluding hydrogens is 480 g/mol. The van der Waals surface area contributed by atoms with Crippen molar-refractivity contribution in [2.24, 2.45) is 0 Å². The quantitative estimate of drug-likeness (QED) is 0.211. The topological polar surface area (TPSA) is 80.2 Å². The highest BCUT2D eigenvalue weighted by atomic mass is 32.2. The van der Waals surface area contributed by atoms with Crippen molar-refractivity contribution in [3.63, 3.8) is 0 Å². The lowest BCUT2D eigenvalue weighted by Gasteiger charge is -2.15. The number of phenols is 1. The molecule has 3 aromatic carbocycles. The van der Waals surface area contributed by atoms with Crippen LogP contribution < -0.4 is 10.1 Å². The van der Waals surface area contributed by atoms with E-state index in [1.807, 2.05) is 66.7 Å². The van der Waals surface area contributed by atoms with Crippen LogP contribution in [0.4, 0.5) is 11.5 Å². The van der Waals surface area contributed by atoms with Gasteiger partial charge in [0.15, 0.2) is 5.65 Å². The lowest BCUT2D eigenvalue weighted by molar-refractivity contribution is 0.306. The van der Waals surface area contributed by atoms with Gasteiger partial charge in [-0.2, -0.15) is 0 Å². The summed E-state index contributed by atoms with van der Waals surface area (Å²) in [5.41, 5.74) is 3.65. The van der Waals surface area contributed by atoms with E-state index in [1.165, 1.54) is 0 Å². The molecule has 2 aromatic heterocycles. The predicted molar refractivity (Wildman–Crippen MR) is 149 cm³/mol. The molecule has 0 spiro atoms. The number of ether oxygens (including phenoxy) is 1.